The lowest BCUT2D eigenvalue weighted by atomic mass is 9.99. The Bertz CT molecular complexity index is 1140. The normalized spacial score (nSPS) is 14.3. The Balaban J connectivity index is 0.00000240. The predicted molar refractivity (Wildman–Crippen MR) is 113 cm³/mol. The fraction of sp³-hybridized carbons (Fsp3) is 0.333. The highest BCUT2D eigenvalue weighted by molar-refractivity contribution is 7.91. The van der Waals surface area contributed by atoms with Crippen LogP contribution in [-0.4, -0.2) is 27.2 Å². The van der Waals surface area contributed by atoms with Crippen LogP contribution in [0.5, 0.6) is 5.75 Å². The second kappa shape index (κ2) is 7.65. The molecule has 29 heavy (non-hydrogen) atoms. The summed E-state index contributed by atoms with van der Waals surface area (Å²) in [5, 5.41) is 14.1. The lowest BCUT2D eigenvalue weighted by Gasteiger charge is -2.18. The number of benzene rings is 2. The van der Waals surface area contributed by atoms with E-state index in [4.69, 9.17) is 9.15 Å². The SMILES string of the molecule is COc1cc(S(=O)(=O)c2ccc(C(C)(C)O)cc2)cc2c3c(oc12)CCNC3.Cl. The number of nitrogens with one attached hydrogen (secondary N) is 1. The number of ether oxygens (including phenoxy) is 1. The van der Waals surface area contributed by atoms with Gasteiger partial charge in [-0.3, -0.25) is 0 Å². The lowest BCUT2D eigenvalue weighted by Crippen LogP contribution is -2.22. The van der Waals surface area contributed by atoms with E-state index in [0.717, 1.165) is 29.7 Å². The molecule has 1 aliphatic heterocycles. The van der Waals surface area contributed by atoms with Crippen LogP contribution in [0.4, 0.5) is 0 Å². The zero-order valence-electron chi connectivity index (χ0n) is 16.5. The van der Waals surface area contributed by atoms with Gasteiger partial charge in [-0.15, -0.1) is 12.4 Å². The molecule has 1 aliphatic rings. The highest BCUT2D eigenvalue weighted by atomic mass is 35.5. The number of aliphatic hydroxyl groups is 1. The molecule has 8 heteroatoms. The van der Waals surface area contributed by atoms with Gasteiger partial charge >= 0.3 is 0 Å². The zero-order valence-corrected chi connectivity index (χ0v) is 18.1. The molecule has 0 amide bonds. The van der Waals surface area contributed by atoms with Gasteiger partial charge in [-0.25, -0.2) is 8.42 Å². The van der Waals surface area contributed by atoms with E-state index in [1.165, 1.54) is 25.3 Å². The molecular weight excluding hydrogens is 414 g/mol. The van der Waals surface area contributed by atoms with E-state index in [0.29, 0.717) is 23.4 Å². The quantitative estimate of drug-likeness (QED) is 0.648. The molecule has 2 heterocycles. The van der Waals surface area contributed by atoms with Gasteiger partial charge in [0.25, 0.3) is 0 Å². The molecule has 0 bridgehead atoms. The molecule has 0 radical (unpaired) electrons. The topological polar surface area (TPSA) is 88.8 Å². The molecule has 2 aromatic carbocycles. The summed E-state index contributed by atoms with van der Waals surface area (Å²) in [5.74, 6) is 1.27. The minimum atomic E-state index is -3.75. The van der Waals surface area contributed by atoms with E-state index in [1.54, 1.807) is 32.0 Å². The average Bonchev–Trinajstić information content (AvgIpc) is 3.05. The molecule has 3 aromatic rings. The van der Waals surface area contributed by atoms with Gasteiger partial charge in [0.05, 0.1) is 22.5 Å². The molecule has 0 unspecified atom stereocenters. The number of rotatable bonds is 4. The van der Waals surface area contributed by atoms with Crippen LogP contribution in [0.2, 0.25) is 0 Å². The van der Waals surface area contributed by atoms with E-state index in [2.05, 4.69) is 5.32 Å². The van der Waals surface area contributed by atoms with Gasteiger partial charge in [0.2, 0.25) is 9.84 Å². The number of halogens is 1. The van der Waals surface area contributed by atoms with Crippen LogP contribution in [-0.2, 0) is 28.4 Å². The highest BCUT2D eigenvalue weighted by Gasteiger charge is 2.26. The third-order valence-electron chi connectivity index (χ3n) is 5.15. The van der Waals surface area contributed by atoms with Crippen LogP contribution < -0.4 is 10.1 Å². The smallest absolute Gasteiger partial charge is 0.206 e. The molecule has 0 aliphatic carbocycles. The first-order valence-corrected chi connectivity index (χ1v) is 10.6. The van der Waals surface area contributed by atoms with Crippen LogP contribution in [0.3, 0.4) is 0 Å². The van der Waals surface area contributed by atoms with Crippen LogP contribution in [0, 0.1) is 0 Å². The number of hydrogen-bond donors (Lipinski definition) is 2. The minimum absolute atomic E-state index is 0. The van der Waals surface area contributed by atoms with Gasteiger partial charge < -0.3 is 19.6 Å². The fourth-order valence-electron chi connectivity index (χ4n) is 3.54. The first kappa shape index (κ1) is 21.6. The van der Waals surface area contributed by atoms with Crippen molar-refractivity contribution in [1.82, 2.24) is 5.32 Å². The van der Waals surface area contributed by atoms with Crippen LogP contribution >= 0.6 is 12.4 Å². The number of hydrogen-bond acceptors (Lipinski definition) is 6. The molecule has 0 atom stereocenters. The van der Waals surface area contributed by atoms with Gasteiger partial charge in [0.15, 0.2) is 11.3 Å². The summed E-state index contributed by atoms with van der Waals surface area (Å²) in [7, 11) is -2.25. The summed E-state index contributed by atoms with van der Waals surface area (Å²) < 4.78 is 37.8. The average molecular weight is 438 g/mol. The van der Waals surface area contributed by atoms with Crippen molar-refractivity contribution in [2.75, 3.05) is 13.7 Å². The number of fused-ring (bicyclic) bond motifs is 3. The largest absolute Gasteiger partial charge is 0.493 e. The van der Waals surface area contributed by atoms with Gasteiger partial charge in [-0.1, -0.05) is 12.1 Å². The lowest BCUT2D eigenvalue weighted by molar-refractivity contribution is 0.0785. The number of methoxy groups -OCH3 is 1. The molecule has 2 N–H and O–H groups in total. The molecule has 0 saturated carbocycles. The van der Waals surface area contributed by atoms with Crippen molar-refractivity contribution in [3.63, 3.8) is 0 Å². The molecule has 4 rings (SSSR count). The second-order valence-corrected chi connectivity index (χ2v) is 9.47. The Morgan fingerprint density at radius 3 is 2.45 bits per heavy atom. The standard InChI is InChI=1S/C21H23NO5S.ClH/c1-21(2,23)13-4-6-14(7-5-13)28(24,25)15-10-16-17-12-22-9-8-18(17)27-20(16)19(11-15)26-3;/h4-7,10-11,22-23H,8-9,12H2,1-3H3;1H. The molecule has 0 fully saturated rings. The molecule has 6 nitrogen and oxygen atoms in total. The first-order valence-electron chi connectivity index (χ1n) is 9.13. The molecule has 1 aromatic heterocycles. The first-order chi connectivity index (χ1) is 13.2. The Kier molecular flexibility index (Phi) is 5.71. The number of furan rings is 1. The fourth-order valence-corrected chi connectivity index (χ4v) is 4.84. The maximum absolute atomic E-state index is 13.2. The van der Waals surface area contributed by atoms with Crippen LogP contribution in [0.25, 0.3) is 11.0 Å². The van der Waals surface area contributed by atoms with Gasteiger partial charge in [0, 0.05) is 36.5 Å². The zero-order chi connectivity index (χ0) is 20.1. The second-order valence-electron chi connectivity index (χ2n) is 7.52. The highest BCUT2D eigenvalue weighted by Crippen LogP contribution is 2.38. The summed E-state index contributed by atoms with van der Waals surface area (Å²) >= 11 is 0. The minimum Gasteiger partial charge on any atom is -0.493 e. The Morgan fingerprint density at radius 2 is 1.83 bits per heavy atom. The molecular formula is C21H24ClNO5S. The van der Waals surface area contributed by atoms with E-state index < -0.39 is 15.4 Å². The predicted octanol–water partition coefficient (Wildman–Crippen LogP) is 3.57. The van der Waals surface area contributed by atoms with Crippen molar-refractivity contribution >= 4 is 33.2 Å². The summed E-state index contributed by atoms with van der Waals surface area (Å²) in [6.07, 6.45) is 0.758. The van der Waals surface area contributed by atoms with Crippen molar-refractivity contribution < 1.29 is 22.7 Å². The van der Waals surface area contributed by atoms with E-state index in [9.17, 15) is 13.5 Å². The van der Waals surface area contributed by atoms with Gasteiger partial charge in [-0.2, -0.15) is 0 Å². The van der Waals surface area contributed by atoms with E-state index in [1.807, 2.05) is 0 Å². The van der Waals surface area contributed by atoms with Crippen molar-refractivity contribution in [2.45, 2.75) is 42.2 Å². The molecule has 0 saturated heterocycles. The molecule has 0 spiro atoms. The monoisotopic (exact) mass is 437 g/mol. The number of sulfone groups is 1. The van der Waals surface area contributed by atoms with Crippen molar-refractivity contribution in [3.8, 4) is 5.75 Å². The summed E-state index contributed by atoms with van der Waals surface area (Å²) in [5.41, 5.74) is 1.17. The van der Waals surface area contributed by atoms with Crippen LogP contribution in [0.1, 0.15) is 30.7 Å². The van der Waals surface area contributed by atoms with E-state index >= 15 is 0 Å². The Labute approximate surface area is 176 Å². The third kappa shape index (κ3) is 3.75. The van der Waals surface area contributed by atoms with Crippen molar-refractivity contribution in [3.05, 3.63) is 53.3 Å². The Morgan fingerprint density at radius 1 is 1.14 bits per heavy atom. The van der Waals surface area contributed by atoms with Gasteiger partial charge in [-0.05, 0) is 37.6 Å². The van der Waals surface area contributed by atoms with Crippen molar-refractivity contribution in [1.29, 1.82) is 0 Å². The maximum atomic E-state index is 13.2. The van der Waals surface area contributed by atoms with Gasteiger partial charge in [0.1, 0.15) is 5.76 Å². The van der Waals surface area contributed by atoms with Crippen molar-refractivity contribution in [2.24, 2.45) is 0 Å². The molecule has 156 valence electrons. The third-order valence-corrected chi connectivity index (χ3v) is 6.90. The van der Waals surface area contributed by atoms with Crippen LogP contribution in [0.15, 0.2) is 50.6 Å². The van der Waals surface area contributed by atoms with E-state index in [-0.39, 0.29) is 22.2 Å². The maximum Gasteiger partial charge on any atom is 0.206 e. The summed E-state index contributed by atoms with van der Waals surface area (Å²) in [4.78, 5) is 0.319. The Hall–Kier alpha value is -2.06. The summed E-state index contributed by atoms with van der Waals surface area (Å²) in [6.45, 7) is 4.78. The summed E-state index contributed by atoms with van der Waals surface area (Å²) in [6, 6.07) is 9.46.